The molecule has 2 bridgehead atoms. The number of hydrogen-bond acceptors (Lipinski definition) is 5. The van der Waals surface area contributed by atoms with Crippen molar-refractivity contribution in [3.63, 3.8) is 0 Å². The lowest BCUT2D eigenvalue weighted by Gasteiger charge is -2.39. The summed E-state index contributed by atoms with van der Waals surface area (Å²) in [7, 11) is 0. The van der Waals surface area contributed by atoms with Gasteiger partial charge in [-0.05, 0) is 55.2 Å². The van der Waals surface area contributed by atoms with Crippen LogP contribution in [0.3, 0.4) is 0 Å². The molecule has 0 spiro atoms. The highest BCUT2D eigenvalue weighted by atomic mass is 19.4. The van der Waals surface area contributed by atoms with E-state index in [1.54, 1.807) is 0 Å². The molecule has 1 fully saturated rings. The standard InChI is InChI=1S/C17H15F3N6/c18-17(19,20)10-6-5-9(14-15(10)24-26-23-14)13-11-7-1-3-8(4-2-7)12(11)16(21)25-22-13/h5-8H,1-4H2,(H2,21,25)(H,23,24,26). The molecule has 0 saturated heterocycles. The van der Waals surface area contributed by atoms with Gasteiger partial charge in [0.1, 0.15) is 16.9 Å². The molecular weight excluding hydrogens is 345 g/mol. The van der Waals surface area contributed by atoms with Gasteiger partial charge in [-0.3, -0.25) is 0 Å². The minimum Gasteiger partial charge on any atom is -0.382 e. The summed E-state index contributed by atoms with van der Waals surface area (Å²) in [5.41, 5.74) is 8.37. The second-order valence-electron chi connectivity index (χ2n) is 6.99. The third-order valence-corrected chi connectivity index (χ3v) is 5.66. The number of alkyl halides is 3. The van der Waals surface area contributed by atoms with Gasteiger partial charge in [-0.2, -0.15) is 28.6 Å². The number of rotatable bonds is 1. The third kappa shape index (κ3) is 2.06. The van der Waals surface area contributed by atoms with Crippen molar-refractivity contribution in [2.45, 2.75) is 43.7 Å². The fraction of sp³-hybridized carbons (Fsp3) is 0.412. The zero-order valence-electron chi connectivity index (χ0n) is 13.6. The van der Waals surface area contributed by atoms with Crippen LogP contribution < -0.4 is 5.73 Å². The van der Waals surface area contributed by atoms with Crippen molar-refractivity contribution in [3.05, 3.63) is 28.8 Å². The topological polar surface area (TPSA) is 93.4 Å². The Balaban J connectivity index is 1.79. The number of fused-ring (bicyclic) bond motifs is 3. The fourth-order valence-electron chi connectivity index (χ4n) is 4.54. The summed E-state index contributed by atoms with van der Waals surface area (Å²) < 4.78 is 39.8. The van der Waals surface area contributed by atoms with Crippen LogP contribution >= 0.6 is 0 Å². The molecule has 0 radical (unpaired) electrons. The molecule has 3 aliphatic rings. The number of anilines is 1. The van der Waals surface area contributed by atoms with Crippen LogP contribution in [0.15, 0.2) is 12.1 Å². The minimum atomic E-state index is -4.50. The van der Waals surface area contributed by atoms with Crippen LogP contribution in [0, 0.1) is 0 Å². The van der Waals surface area contributed by atoms with Crippen LogP contribution in [0.2, 0.25) is 0 Å². The summed E-state index contributed by atoms with van der Waals surface area (Å²) in [5, 5.41) is 18.4. The average Bonchev–Trinajstić information content (AvgIpc) is 3.11. The number of aromatic amines is 1. The van der Waals surface area contributed by atoms with E-state index in [1.165, 1.54) is 6.07 Å². The molecule has 0 unspecified atom stereocenters. The van der Waals surface area contributed by atoms with Gasteiger partial charge in [0.05, 0.1) is 11.3 Å². The van der Waals surface area contributed by atoms with Crippen molar-refractivity contribution >= 4 is 16.9 Å². The molecule has 3 aliphatic carbocycles. The summed E-state index contributed by atoms with van der Waals surface area (Å²) >= 11 is 0. The second-order valence-corrected chi connectivity index (χ2v) is 6.99. The third-order valence-electron chi connectivity index (χ3n) is 5.66. The Kier molecular flexibility index (Phi) is 3.08. The molecule has 6 rings (SSSR count). The van der Waals surface area contributed by atoms with Crippen LogP contribution in [0.4, 0.5) is 19.0 Å². The SMILES string of the molecule is Nc1nnc(-c2ccc(C(F)(F)F)c3n[nH]nc23)c2c1C1CCC2CC1. The van der Waals surface area contributed by atoms with Crippen molar-refractivity contribution in [3.8, 4) is 11.3 Å². The first kappa shape index (κ1) is 15.5. The predicted molar refractivity (Wildman–Crippen MR) is 88.3 cm³/mol. The van der Waals surface area contributed by atoms with Gasteiger partial charge in [0.15, 0.2) is 0 Å². The molecule has 6 nitrogen and oxygen atoms in total. The second kappa shape index (κ2) is 5.15. The Labute approximate surface area is 146 Å². The Morgan fingerprint density at radius 3 is 2.27 bits per heavy atom. The van der Waals surface area contributed by atoms with Crippen molar-refractivity contribution in [2.24, 2.45) is 0 Å². The van der Waals surface area contributed by atoms with E-state index in [0.717, 1.165) is 42.9 Å². The van der Waals surface area contributed by atoms with E-state index >= 15 is 0 Å². The molecule has 2 aromatic heterocycles. The van der Waals surface area contributed by atoms with Crippen molar-refractivity contribution in [1.29, 1.82) is 0 Å². The highest BCUT2D eigenvalue weighted by Crippen LogP contribution is 2.53. The van der Waals surface area contributed by atoms with E-state index < -0.39 is 11.7 Å². The Hall–Kier alpha value is -2.71. The Morgan fingerprint density at radius 2 is 1.58 bits per heavy atom. The van der Waals surface area contributed by atoms with Gasteiger partial charge >= 0.3 is 6.18 Å². The Bertz CT molecular complexity index is 1020. The van der Waals surface area contributed by atoms with Crippen LogP contribution in [0.1, 0.15) is 54.2 Å². The van der Waals surface area contributed by atoms with Crippen LogP contribution in [-0.2, 0) is 6.18 Å². The number of nitrogens with two attached hydrogens (primary N) is 1. The van der Waals surface area contributed by atoms with Gasteiger partial charge in [-0.25, -0.2) is 0 Å². The molecule has 1 aromatic carbocycles. The number of nitrogens with one attached hydrogen (secondary N) is 1. The van der Waals surface area contributed by atoms with E-state index in [0.29, 0.717) is 28.9 Å². The van der Waals surface area contributed by atoms with E-state index in [9.17, 15) is 13.2 Å². The quantitative estimate of drug-likeness (QED) is 0.689. The summed E-state index contributed by atoms with van der Waals surface area (Å²) in [6.07, 6.45) is -0.283. The van der Waals surface area contributed by atoms with Gasteiger partial charge < -0.3 is 5.73 Å². The van der Waals surface area contributed by atoms with Crippen molar-refractivity contribution < 1.29 is 13.2 Å². The smallest absolute Gasteiger partial charge is 0.382 e. The van der Waals surface area contributed by atoms with E-state index in [1.807, 2.05) is 0 Å². The molecule has 9 heteroatoms. The highest BCUT2D eigenvalue weighted by Gasteiger charge is 2.39. The largest absolute Gasteiger partial charge is 0.418 e. The molecule has 0 atom stereocenters. The predicted octanol–water partition coefficient (Wildman–Crippen LogP) is 3.77. The van der Waals surface area contributed by atoms with Gasteiger partial charge in [0.25, 0.3) is 0 Å². The number of hydrogen-bond donors (Lipinski definition) is 2. The molecule has 134 valence electrons. The zero-order valence-corrected chi connectivity index (χ0v) is 13.6. The lowest BCUT2D eigenvalue weighted by molar-refractivity contribution is -0.136. The minimum absolute atomic E-state index is 0.155. The van der Waals surface area contributed by atoms with Crippen molar-refractivity contribution in [1.82, 2.24) is 25.6 Å². The van der Waals surface area contributed by atoms with Gasteiger partial charge in [0, 0.05) is 11.1 Å². The fourth-order valence-corrected chi connectivity index (χ4v) is 4.54. The monoisotopic (exact) mass is 360 g/mol. The number of halogens is 3. The van der Waals surface area contributed by atoms with Gasteiger partial charge in [-0.15, -0.1) is 10.2 Å². The van der Waals surface area contributed by atoms with Gasteiger partial charge in [0.2, 0.25) is 0 Å². The number of benzene rings is 1. The van der Waals surface area contributed by atoms with E-state index in [-0.39, 0.29) is 11.0 Å². The summed E-state index contributed by atoms with van der Waals surface area (Å²) in [4.78, 5) is 0. The molecule has 3 N–H and O–H groups in total. The maximum absolute atomic E-state index is 13.3. The first-order valence-corrected chi connectivity index (χ1v) is 8.52. The number of nitrogen functional groups attached to an aromatic ring is 1. The normalized spacial score (nSPS) is 22.0. The lowest BCUT2D eigenvalue weighted by atomic mass is 9.66. The maximum Gasteiger partial charge on any atom is 0.418 e. The maximum atomic E-state index is 13.3. The number of H-pyrrole nitrogens is 1. The molecular formula is C17H15F3N6. The summed E-state index contributed by atoms with van der Waals surface area (Å²) in [6, 6.07) is 2.45. The first-order valence-electron chi connectivity index (χ1n) is 8.52. The number of aromatic nitrogens is 5. The summed E-state index contributed by atoms with van der Waals surface area (Å²) in [6.45, 7) is 0. The van der Waals surface area contributed by atoms with Crippen LogP contribution in [0.5, 0.6) is 0 Å². The molecule has 3 aromatic rings. The van der Waals surface area contributed by atoms with Gasteiger partial charge in [-0.1, -0.05) is 0 Å². The molecule has 2 heterocycles. The molecule has 0 aliphatic heterocycles. The van der Waals surface area contributed by atoms with Crippen LogP contribution in [0.25, 0.3) is 22.3 Å². The molecule has 26 heavy (non-hydrogen) atoms. The lowest BCUT2D eigenvalue weighted by Crippen LogP contribution is -2.25. The average molecular weight is 360 g/mol. The van der Waals surface area contributed by atoms with Crippen LogP contribution in [-0.4, -0.2) is 25.6 Å². The Morgan fingerprint density at radius 1 is 0.923 bits per heavy atom. The highest BCUT2D eigenvalue weighted by molar-refractivity contribution is 5.93. The molecule has 0 amide bonds. The van der Waals surface area contributed by atoms with E-state index in [4.69, 9.17) is 5.73 Å². The van der Waals surface area contributed by atoms with Crippen molar-refractivity contribution in [2.75, 3.05) is 5.73 Å². The number of nitrogens with zero attached hydrogens (tertiary/aromatic N) is 4. The first-order chi connectivity index (χ1) is 12.4. The van der Waals surface area contributed by atoms with E-state index in [2.05, 4.69) is 25.6 Å². The summed E-state index contributed by atoms with van der Waals surface area (Å²) in [5.74, 6) is 1.10. The molecule has 1 saturated carbocycles. The zero-order chi connectivity index (χ0) is 18.1.